The van der Waals surface area contributed by atoms with Crippen LogP contribution in [0.4, 0.5) is 5.69 Å². The molecule has 0 aliphatic carbocycles. The Morgan fingerprint density at radius 2 is 2.04 bits per heavy atom. The van der Waals surface area contributed by atoms with Crippen molar-refractivity contribution in [2.75, 3.05) is 70.1 Å². The Bertz CT molecular complexity index is 590. The molecule has 2 aliphatic rings. The minimum atomic E-state index is 0.219. The lowest BCUT2D eigenvalue weighted by Gasteiger charge is -2.37. The molecule has 1 aromatic rings. The Morgan fingerprint density at radius 3 is 2.80 bits per heavy atom. The van der Waals surface area contributed by atoms with Crippen molar-refractivity contribution in [1.29, 1.82) is 0 Å². The zero-order valence-electron chi connectivity index (χ0n) is 15.2. The van der Waals surface area contributed by atoms with Gasteiger partial charge < -0.3 is 14.5 Å². The SMILES string of the molecule is CSNCCN1CCN(C(=O)CN2CCOc3ccc(C)cc32)CC1. The zero-order chi connectivity index (χ0) is 17.6. The highest BCUT2D eigenvalue weighted by atomic mass is 32.2. The van der Waals surface area contributed by atoms with Gasteiger partial charge in [-0.3, -0.25) is 14.4 Å². The van der Waals surface area contributed by atoms with Crippen LogP contribution in [-0.4, -0.2) is 80.9 Å². The number of benzene rings is 1. The first kappa shape index (κ1) is 18.4. The molecule has 2 heterocycles. The highest BCUT2D eigenvalue weighted by Gasteiger charge is 2.25. The Hall–Kier alpha value is -1.44. The normalized spacial score (nSPS) is 18.0. The molecule has 1 aromatic carbocycles. The van der Waals surface area contributed by atoms with Gasteiger partial charge >= 0.3 is 0 Å². The average molecular weight is 365 g/mol. The van der Waals surface area contributed by atoms with Gasteiger partial charge in [0.25, 0.3) is 0 Å². The summed E-state index contributed by atoms with van der Waals surface area (Å²) in [6.07, 6.45) is 2.04. The third-order valence-electron chi connectivity index (χ3n) is 4.80. The highest BCUT2D eigenvalue weighted by molar-refractivity contribution is 7.96. The van der Waals surface area contributed by atoms with E-state index in [1.807, 2.05) is 17.2 Å². The molecule has 0 unspecified atom stereocenters. The van der Waals surface area contributed by atoms with E-state index in [9.17, 15) is 4.79 Å². The van der Waals surface area contributed by atoms with Gasteiger partial charge in [-0.05, 0) is 30.9 Å². The van der Waals surface area contributed by atoms with Crippen molar-refractivity contribution in [2.45, 2.75) is 6.92 Å². The number of piperazine rings is 1. The fourth-order valence-electron chi connectivity index (χ4n) is 3.34. The number of carbonyl (C=O) groups is 1. The van der Waals surface area contributed by atoms with Crippen molar-refractivity contribution < 1.29 is 9.53 Å². The Morgan fingerprint density at radius 1 is 1.24 bits per heavy atom. The fourth-order valence-corrected chi connectivity index (χ4v) is 3.63. The number of amides is 1. The van der Waals surface area contributed by atoms with E-state index in [1.165, 1.54) is 5.56 Å². The van der Waals surface area contributed by atoms with E-state index in [1.54, 1.807) is 11.9 Å². The van der Waals surface area contributed by atoms with E-state index in [2.05, 4.69) is 33.6 Å². The van der Waals surface area contributed by atoms with Crippen molar-refractivity contribution in [3.63, 3.8) is 0 Å². The van der Waals surface area contributed by atoms with Crippen molar-refractivity contribution in [3.05, 3.63) is 23.8 Å². The standard InChI is InChI=1S/C18H28N4O2S/c1-15-3-4-17-16(13-15)22(11-12-24-17)14-18(23)21-9-7-20(8-10-21)6-5-19-25-2/h3-4,13,19H,5-12,14H2,1-2H3. The second kappa shape index (κ2) is 8.78. The van der Waals surface area contributed by atoms with Gasteiger partial charge in [0, 0.05) is 39.3 Å². The quantitative estimate of drug-likeness (QED) is 0.605. The first-order valence-electron chi connectivity index (χ1n) is 8.92. The lowest BCUT2D eigenvalue weighted by atomic mass is 10.1. The number of fused-ring (bicyclic) bond motifs is 1. The predicted molar refractivity (Wildman–Crippen MR) is 103 cm³/mol. The van der Waals surface area contributed by atoms with Crippen LogP contribution in [0, 0.1) is 6.92 Å². The predicted octanol–water partition coefficient (Wildman–Crippen LogP) is 1.21. The molecular weight excluding hydrogens is 336 g/mol. The summed E-state index contributed by atoms with van der Waals surface area (Å²) in [7, 11) is 0. The number of nitrogens with zero attached hydrogens (tertiary/aromatic N) is 3. The monoisotopic (exact) mass is 364 g/mol. The van der Waals surface area contributed by atoms with Crippen LogP contribution in [0.1, 0.15) is 5.56 Å². The highest BCUT2D eigenvalue weighted by Crippen LogP contribution is 2.32. The smallest absolute Gasteiger partial charge is 0.242 e. The summed E-state index contributed by atoms with van der Waals surface area (Å²) in [5.41, 5.74) is 2.23. The van der Waals surface area contributed by atoms with Gasteiger partial charge in [-0.25, -0.2) is 0 Å². The summed E-state index contributed by atoms with van der Waals surface area (Å²) in [5, 5.41) is 0. The Balaban J connectivity index is 1.52. The number of aryl methyl sites for hydroxylation is 1. The molecule has 1 N–H and O–H groups in total. The van der Waals surface area contributed by atoms with Crippen LogP contribution >= 0.6 is 11.9 Å². The molecule has 0 radical (unpaired) electrons. The lowest BCUT2D eigenvalue weighted by molar-refractivity contribution is -0.131. The van der Waals surface area contributed by atoms with Crippen LogP contribution in [0.2, 0.25) is 0 Å². The molecular formula is C18H28N4O2S. The molecule has 1 amide bonds. The number of anilines is 1. The van der Waals surface area contributed by atoms with Crippen molar-refractivity contribution in [1.82, 2.24) is 14.5 Å². The van der Waals surface area contributed by atoms with Crippen LogP contribution in [0.15, 0.2) is 18.2 Å². The molecule has 25 heavy (non-hydrogen) atoms. The van der Waals surface area contributed by atoms with Crippen LogP contribution in [-0.2, 0) is 4.79 Å². The molecule has 0 spiro atoms. The minimum Gasteiger partial charge on any atom is -0.490 e. The summed E-state index contributed by atoms with van der Waals surface area (Å²) in [4.78, 5) is 19.3. The molecule has 1 fully saturated rings. The van der Waals surface area contributed by atoms with E-state index in [0.717, 1.165) is 57.3 Å². The summed E-state index contributed by atoms with van der Waals surface area (Å²) in [6, 6.07) is 6.16. The molecule has 138 valence electrons. The Kier molecular flexibility index (Phi) is 6.45. The summed E-state index contributed by atoms with van der Waals surface area (Å²) in [6.45, 7) is 9.50. The number of hydrogen-bond acceptors (Lipinski definition) is 6. The van der Waals surface area contributed by atoms with E-state index in [-0.39, 0.29) is 5.91 Å². The number of ether oxygens (including phenoxy) is 1. The number of rotatable bonds is 6. The number of carbonyl (C=O) groups excluding carboxylic acids is 1. The van der Waals surface area contributed by atoms with Crippen LogP contribution in [0.5, 0.6) is 5.75 Å². The first-order chi connectivity index (χ1) is 12.2. The molecule has 0 aromatic heterocycles. The Labute approximate surface area is 154 Å². The van der Waals surface area contributed by atoms with Gasteiger partial charge in [-0.2, -0.15) is 0 Å². The summed E-state index contributed by atoms with van der Waals surface area (Å²) < 4.78 is 8.99. The van der Waals surface area contributed by atoms with Gasteiger partial charge in [0.05, 0.1) is 18.8 Å². The maximum atomic E-state index is 12.7. The first-order valence-corrected chi connectivity index (χ1v) is 10.1. The largest absolute Gasteiger partial charge is 0.490 e. The number of hydrogen-bond donors (Lipinski definition) is 1. The van der Waals surface area contributed by atoms with E-state index < -0.39 is 0 Å². The molecule has 2 aliphatic heterocycles. The maximum absolute atomic E-state index is 12.7. The van der Waals surface area contributed by atoms with Crippen molar-refractivity contribution in [3.8, 4) is 5.75 Å². The zero-order valence-corrected chi connectivity index (χ0v) is 16.0. The summed E-state index contributed by atoms with van der Waals surface area (Å²) >= 11 is 1.65. The van der Waals surface area contributed by atoms with Gasteiger partial charge in [0.1, 0.15) is 12.4 Å². The molecule has 7 heteroatoms. The third kappa shape index (κ3) is 4.80. The van der Waals surface area contributed by atoms with Gasteiger partial charge in [-0.15, -0.1) is 0 Å². The van der Waals surface area contributed by atoms with E-state index in [4.69, 9.17) is 4.74 Å². The maximum Gasteiger partial charge on any atom is 0.242 e. The molecule has 0 saturated carbocycles. The van der Waals surface area contributed by atoms with Crippen molar-refractivity contribution >= 4 is 23.5 Å². The molecule has 6 nitrogen and oxygen atoms in total. The van der Waals surface area contributed by atoms with Gasteiger partial charge in [0.2, 0.25) is 5.91 Å². The van der Waals surface area contributed by atoms with Crippen molar-refractivity contribution in [2.24, 2.45) is 0 Å². The summed E-state index contributed by atoms with van der Waals surface area (Å²) in [5.74, 6) is 1.10. The second-order valence-electron chi connectivity index (χ2n) is 6.56. The number of nitrogens with one attached hydrogen (secondary N) is 1. The molecule has 0 atom stereocenters. The van der Waals surface area contributed by atoms with E-state index >= 15 is 0 Å². The van der Waals surface area contributed by atoms with Crippen LogP contribution in [0.25, 0.3) is 0 Å². The topological polar surface area (TPSA) is 48.0 Å². The van der Waals surface area contributed by atoms with Gasteiger partial charge in [0.15, 0.2) is 0 Å². The van der Waals surface area contributed by atoms with Crippen LogP contribution < -0.4 is 14.4 Å². The van der Waals surface area contributed by atoms with Crippen LogP contribution in [0.3, 0.4) is 0 Å². The van der Waals surface area contributed by atoms with E-state index in [0.29, 0.717) is 13.2 Å². The average Bonchev–Trinajstić information content (AvgIpc) is 2.63. The molecule has 3 rings (SSSR count). The minimum absolute atomic E-state index is 0.219. The molecule has 0 bridgehead atoms. The lowest BCUT2D eigenvalue weighted by Crippen LogP contribution is -2.52. The van der Waals surface area contributed by atoms with Gasteiger partial charge in [-0.1, -0.05) is 18.0 Å². The molecule has 1 saturated heterocycles. The fraction of sp³-hybridized carbons (Fsp3) is 0.611. The third-order valence-corrected chi connectivity index (χ3v) is 5.29. The second-order valence-corrected chi connectivity index (χ2v) is 7.26.